The van der Waals surface area contributed by atoms with Crippen molar-refractivity contribution in [1.29, 1.82) is 0 Å². The van der Waals surface area contributed by atoms with Gasteiger partial charge in [-0.15, -0.1) is 0 Å². The summed E-state index contributed by atoms with van der Waals surface area (Å²) in [5.41, 5.74) is 8.37. The highest BCUT2D eigenvalue weighted by Crippen LogP contribution is 2.27. The summed E-state index contributed by atoms with van der Waals surface area (Å²) in [6.45, 7) is 1.81. The van der Waals surface area contributed by atoms with E-state index in [1.807, 2.05) is 6.92 Å². The van der Waals surface area contributed by atoms with Crippen LogP contribution in [-0.2, 0) is 0 Å². The lowest BCUT2D eigenvalue weighted by Crippen LogP contribution is -2.14. The van der Waals surface area contributed by atoms with Gasteiger partial charge in [0.05, 0.1) is 5.02 Å². The number of nitrogen functional groups attached to an aromatic ring is 1. The van der Waals surface area contributed by atoms with Crippen LogP contribution in [0, 0.1) is 6.92 Å². The van der Waals surface area contributed by atoms with Gasteiger partial charge in [-0.1, -0.05) is 27.5 Å². The maximum absolute atomic E-state index is 12.3. The van der Waals surface area contributed by atoms with E-state index in [-0.39, 0.29) is 5.91 Å². The summed E-state index contributed by atoms with van der Waals surface area (Å²) in [6.07, 6.45) is 0. The molecule has 0 aliphatic heterocycles. The first-order valence-electron chi connectivity index (χ1n) is 5.70. The highest BCUT2D eigenvalue weighted by molar-refractivity contribution is 9.10. The molecule has 0 aromatic heterocycles. The van der Waals surface area contributed by atoms with Crippen molar-refractivity contribution in [1.82, 2.24) is 0 Å². The fourth-order valence-electron chi connectivity index (χ4n) is 1.71. The van der Waals surface area contributed by atoms with E-state index in [0.717, 1.165) is 14.5 Å². The molecule has 3 N–H and O–H groups in total. The third-order valence-electron chi connectivity index (χ3n) is 2.83. The molecular weight excluding hydrogens is 407 g/mol. The van der Waals surface area contributed by atoms with E-state index in [9.17, 15) is 4.79 Å². The Balaban J connectivity index is 2.30. The molecule has 2 rings (SSSR count). The Morgan fingerprint density at radius 1 is 1.25 bits per heavy atom. The summed E-state index contributed by atoms with van der Waals surface area (Å²) >= 11 is 12.6. The number of amides is 1. The number of hydrogen-bond donors (Lipinski definition) is 2. The fraction of sp³-hybridized carbons (Fsp3) is 0.0714. The first-order chi connectivity index (χ1) is 9.38. The topological polar surface area (TPSA) is 55.1 Å². The number of benzene rings is 2. The average molecular weight is 419 g/mol. The van der Waals surface area contributed by atoms with Gasteiger partial charge in [0.1, 0.15) is 0 Å². The summed E-state index contributed by atoms with van der Waals surface area (Å²) in [4.78, 5) is 12.3. The standard InChI is InChI=1S/C14H11Br2ClN2O/c1-7-10(4-8(15)5-13(7)18)14(20)19-9-2-3-12(17)11(16)6-9/h2-6H,18H2,1H3,(H,19,20). The number of anilines is 2. The van der Waals surface area contributed by atoms with Crippen molar-refractivity contribution in [3.05, 3.63) is 55.4 Å². The second-order valence-electron chi connectivity index (χ2n) is 4.25. The molecule has 0 unspecified atom stereocenters. The maximum atomic E-state index is 12.3. The zero-order valence-electron chi connectivity index (χ0n) is 10.5. The quantitative estimate of drug-likeness (QED) is 0.674. The molecule has 0 aliphatic rings. The van der Waals surface area contributed by atoms with E-state index < -0.39 is 0 Å². The minimum atomic E-state index is -0.218. The van der Waals surface area contributed by atoms with Crippen LogP contribution in [0.5, 0.6) is 0 Å². The Hall–Kier alpha value is -1.04. The predicted octanol–water partition coefficient (Wildman–Crippen LogP) is 5.01. The number of hydrogen-bond acceptors (Lipinski definition) is 2. The molecule has 0 atom stereocenters. The Bertz CT molecular complexity index is 689. The number of halogens is 3. The second kappa shape index (κ2) is 6.16. The van der Waals surface area contributed by atoms with Crippen LogP contribution in [0.2, 0.25) is 5.02 Å². The molecule has 104 valence electrons. The van der Waals surface area contributed by atoms with Crippen LogP contribution < -0.4 is 11.1 Å². The highest BCUT2D eigenvalue weighted by Gasteiger charge is 2.13. The Morgan fingerprint density at radius 3 is 2.60 bits per heavy atom. The molecule has 0 aliphatic carbocycles. The third-order valence-corrected chi connectivity index (χ3v) is 4.51. The van der Waals surface area contributed by atoms with Gasteiger partial charge in [0.15, 0.2) is 0 Å². The van der Waals surface area contributed by atoms with Crippen molar-refractivity contribution in [2.75, 3.05) is 11.1 Å². The van der Waals surface area contributed by atoms with E-state index in [4.69, 9.17) is 17.3 Å². The fourth-order valence-corrected chi connectivity index (χ4v) is 2.68. The highest BCUT2D eigenvalue weighted by atomic mass is 79.9. The number of nitrogens with two attached hydrogens (primary N) is 1. The van der Waals surface area contributed by atoms with Gasteiger partial charge in [0, 0.05) is 25.9 Å². The van der Waals surface area contributed by atoms with Gasteiger partial charge in [-0.25, -0.2) is 0 Å². The molecule has 0 fully saturated rings. The molecule has 0 saturated carbocycles. The van der Waals surface area contributed by atoms with Gasteiger partial charge in [-0.3, -0.25) is 4.79 Å². The van der Waals surface area contributed by atoms with E-state index in [1.165, 1.54) is 0 Å². The molecule has 2 aromatic rings. The Morgan fingerprint density at radius 2 is 1.95 bits per heavy atom. The monoisotopic (exact) mass is 416 g/mol. The molecule has 0 heterocycles. The molecular formula is C14H11Br2ClN2O. The van der Waals surface area contributed by atoms with Crippen LogP contribution in [0.25, 0.3) is 0 Å². The smallest absolute Gasteiger partial charge is 0.256 e. The lowest BCUT2D eigenvalue weighted by atomic mass is 10.1. The van der Waals surface area contributed by atoms with Gasteiger partial charge in [0.2, 0.25) is 0 Å². The predicted molar refractivity (Wildman–Crippen MR) is 90.4 cm³/mol. The molecule has 6 heteroatoms. The Kier molecular flexibility index (Phi) is 4.73. The van der Waals surface area contributed by atoms with Gasteiger partial charge < -0.3 is 11.1 Å². The molecule has 0 radical (unpaired) electrons. The molecule has 2 aromatic carbocycles. The zero-order chi connectivity index (χ0) is 14.9. The van der Waals surface area contributed by atoms with Crippen LogP contribution >= 0.6 is 43.5 Å². The summed E-state index contributed by atoms with van der Waals surface area (Å²) in [6, 6.07) is 8.71. The van der Waals surface area contributed by atoms with Crippen molar-refractivity contribution in [3.8, 4) is 0 Å². The molecule has 0 saturated heterocycles. The molecule has 3 nitrogen and oxygen atoms in total. The third kappa shape index (κ3) is 3.34. The number of carbonyl (C=O) groups is 1. The number of nitrogens with one attached hydrogen (secondary N) is 1. The SMILES string of the molecule is Cc1c(N)cc(Br)cc1C(=O)Nc1ccc(Cl)c(Br)c1. The van der Waals surface area contributed by atoms with E-state index in [1.54, 1.807) is 30.3 Å². The minimum absolute atomic E-state index is 0.218. The zero-order valence-corrected chi connectivity index (χ0v) is 14.4. The lowest BCUT2D eigenvalue weighted by molar-refractivity contribution is 0.102. The van der Waals surface area contributed by atoms with Crippen LogP contribution in [0.15, 0.2) is 39.3 Å². The van der Waals surface area contributed by atoms with Crippen molar-refractivity contribution in [2.24, 2.45) is 0 Å². The average Bonchev–Trinajstić information content (AvgIpc) is 2.38. The summed E-state index contributed by atoms with van der Waals surface area (Å²) in [5, 5.41) is 3.41. The number of rotatable bonds is 2. The first-order valence-corrected chi connectivity index (χ1v) is 7.67. The molecule has 1 amide bonds. The lowest BCUT2D eigenvalue weighted by Gasteiger charge is -2.11. The molecule has 20 heavy (non-hydrogen) atoms. The van der Waals surface area contributed by atoms with Crippen LogP contribution in [-0.4, -0.2) is 5.91 Å². The van der Waals surface area contributed by atoms with Gasteiger partial charge in [0.25, 0.3) is 5.91 Å². The van der Waals surface area contributed by atoms with E-state index in [0.29, 0.717) is 22.0 Å². The van der Waals surface area contributed by atoms with Gasteiger partial charge >= 0.3 is 0 Å². The van der Waals surface area contributed by atoms with Gasteiger partial charge in [-0.05, 0) is 58.7 Å². The van der Waals surface area contributed by atoms with Crippen molar-refractivity contribution < 1.29 is 4.79 Å². The van der Waals surface area contributed by atoms with Crippen molar-refractivity contribution in [3.63, 3.8) is 0 Å². The summed E-state index contributed by atoms with van der Waals surface area (Å²) in [5.74, 6) is -0.218. The van der Waals surface area contributed by atoms with Crippen molar-refractivity contribution in [2.45, 2.75) is 6.92 Å². The van der Waals surface area contributed by atoms with E-state index in [2.05, 4.69) is 37.2 Å². The van der Waals surface area contributed by atoms with Crippen LogP contribution in [0.4, 0.5) is 11.4 Å². The normalized spacial score (nSPS) is 10.4. The minimum Gasteiger partial charge on any atom is -0.398 e. The van der Waals surface area contributed by atoms with Crippen LogP contribution in [0.3, 0.4) is 0 Å². The van der Waals surface area contributed by atoms with Crippen LogP contribution in [0.1, 0.15) is 15.9 Å². The number of carbonyl (C=O) groups excluding carboxylic acids is 1. The first kappa shape index (κ1) is 15.4. The second-order valence-corrected chi connectivity index (χ2v) is 6.43. The summed E-state index contributed by atoms with van der Waals surface area (Å²) < 4.78 is 1.49. The maximum Gasteiger partial charge on any atom is 0.256 e. The largest absolute Gasteiger partial charge is 0.398 e. The van der Waals surface area contributed by atoms with Gasteiger partial charge in [-0.2, -0.15) is 0 Å². The molecule has 0 bridgehead atoms. The Labute approximate surface area is 138 Å². The summed E-state index contributed by atoms with van der Waals surface area (Å²) in [7, 11) is 0. The van der Waals surface area contributed by atoms with E-state index >= 15 is 0 Å². The van der Waals surface area contributed by atoms with Crippen molar-refractivity contribution >= 4 is 60.7 Å². The molecule has 0 spiro atoms.